The van der Waals surface area contributed by atoms with Gasteiger partial charge in [-0.25, -0.2) is 4.39 Å². The van der Waals surface area contributed by atoms with Gasteiger partial charge in [0.05, 0.1) is 0 Å². The molecule has 0 aromatic rings. The predicted octanol–water partition coefficient (Wildman–Crippen LogP) is 0.0638. The monoisotopic (exact) mass is 160 g/mol. The molecule has 4 nitrogen and oxygen atoms in total. The average Bonchev–Trinajstić information content (AvgIpc) is 1.67. The van der Waals surface area contributed by atoms with Gasteiger partial charge in [0.2, 0.25) is 6.01 Å². The van der Waals surface area contributed by atoms with Crippen LogP contribution < -0.4 is 0 Å². The Morgan fingerprint density at radius 3 is 1.67 bits per heavy atom. The molecule has 0 rings (SSSR count). The van der Waals surface area contributed by atoms with Gasteiger partial charge >= 0.3 is 0 Å². The molecule has 0 amide bonds. The molecule has 0 aliphatic heterocycles. The average molecular weight is 160 g/mol. The zero-order valence-corrected chi connectivity index (χ0v) is 5.98. The highest BCUT2D eigenvalue weighted by molar-refractivity contribution is 7.85. The van der Waals surface area contributed by atoms with E-state index in [4.69, 9.17) is 4.55 Å². The molecule has 0 fully saturated rings. The minimum atomic E-state index is -4.33. The van der Waals surface area contributed by atoms with Gasteiger partial charge in [0.25, 0.3) is 10.1 Å². The fourth-order valence-corrected chi connectivity index (χ4v) is 0. The minimum absolute atomic E-state index is 1.62. The lowest BCUT2D eigenvalue weighted by molar-refractivity contribution is 0.277. The van der Waals surface area contributed by atoms with Crippen molar-refractivity contribution >= 4 is 10.1 Å². The normalized spacial score (nSPS) is 9.78. The molecule has 0 spiro atoms. The minimum Gasteiger partial charge on any atom is -0.388 e. The molecule has 0 radical (unpaired) electrons. The van der Waals surface area contributed by atoms with E-state index >= 15 is 0 Å². The summed E-state index contributed by atoms with van der Waals surface area (Å²) >= 11 is 0. The van der Waals surface area contributed by atoms with Crippen molar-refractivity contribution in [2.45, 2.75) is 0 Å². The topological polar surface area (TPSA) is 63.6 Å². The van der Waals surface area contributed by atoms with E-state index in [0.29, 0.717) is 0 Å². The van der Waals surface area contributed by atoms with Crippen molar-refractivity contribution in [3.63, 3.8) is 0 Å². The molecule has 0 bridgehead atoms. The molecule has 0 aromatic carbocycles. The van der Waals surface area contributed by atoms with E-state index in [1.807, 2.05) is 0 Å². The van der Waals surface area contributed by atoms with Crippen molar-refractivity contribution in [3.8, 4) is 0 Å². The van der Waals surface area contributed by atoms with Gasteiger partial charge in [0.1, 0.15) is 0 Å². The van der Waals surface area contributed by atoms with Crippen LogP contribution in [0, 0.1) is 0 Å². The summed E-state index contributed by atoms with van der Waals surface area (Å²) in [5.41, 5.74) is 0. The molecule has 1 N–H and O–H groups in total. The Labute approximate surface area is 53.4 Å². The number of halogens is 1. The second-order valence-corrected chi connectivity index (χ2v) is 2.48. The zero-order chi connectivity index (χ0) is 7.91. The molecular formula is C3H9FO4S. The van der Waals surface area contributed by atoms with E-state index < -0.39 is 16.1 Å². The molecule has 58 valence electrons. The lowest BCUT2D eigenvalue weighted by atomic mass is 11.6. The highest BCUT2D eigenvalue weighted by Gasteiger charge is 1.97. The smallest absolute Gasteiger partial charge is 0.294 e. The first-order valence-corrected chi connectivity index (χ1v) is 3.50. The molecule has 0 aromatic heterocycles. The zero-order valence-electron chi connectivity index (χ0n) is 5.17. The maximum atomic E-state index is 10.7. The summed E-state index contributed by atoms with van der Waals surface area (Å²) in [5, 5.41) is 0. The Bertz CT molecular complexity index is 129. The molecule has 0 saturated carbocycles. The molecule has 0 unspecified atom stereocenters. The predicted molar refractivity (Wildman–Crippen MR) is 30.5 cm³/mol. The summed E-state index contributed by atoms with van der Waals surface area (Å²) in [6.45, 7) is 0. The highest BCUT2D eigenvalue weighted by atomic mass is 32.2. The van der Waals surface area contributed by atoms with Crippen LogP contribution in [0.3, 0.4) is 0 Å². The number of alkyl halides is 1. The summed E-state index contributed by atoms with van der Waals surface area (Å²) in [6, 6.07) is -1.70. The van der Waals surface area contributed by atoms with Crippen LogP contribution in [0.4, 0.5) is 4.39 Å². The third-order valence-corrected chi connectivity index (χ3v) is 0.414. The summed E-state index contributed by atoms with van der Waals surface area (Å²) < 4.78 is 40.7. The molecule has 0 aliphatic rings. The van der Waals surface area contributed by atoms with E-state index in [2.05, 4.69) is 4.74 Å². The Kier molecular flexibility index (Phi) is 7.63. The molecule has 0 saturated heterocycles. The molecule has 0 atom stereocenters. The lowest BCUT2D eigenvalue weighted by Crippen LogP contribution is -1.96. The Hall–Kier alpha value is -0.200. The van der Waals surface area contributed by atoms with Crippen LogP contribution in [-0.4, -0.2) is 33.2 Å². The molecule has 6 heteroatoms. The van der Waals surface area contributed by atoms with Gasteiger partial charge in [0.15, 0.2) is 0 Å². The van der Waals surface area contributed by atoms with E-state index in [-0.39, 0.29) is 0 Å². The van der Waals surface area contributed by atoms with Crippen molar-refractivity contribution in [1.29, 1.82) is 0 Å². The first-order chi connectivity index (χ1) is 3.97. The molecular weight excluding hydrogens is 151 g/mol. The van der Waals surface area contributed by atoms with E-state index in [1.165, 1.54) is 0 Å². The quantitative estimate of drug-likeness (QED) is 0.551. The summed E-state index contributed by atoms with van der Waals surface area (Å²) in [7, 11) is -1.08. The number of methoxy groups -OCH3 is 1. The van der Waals surface area contributed by atoms with Crippen LogP contribution in [0.5, 0.6) is 0 Å². The van der Waals surface area contributed by atoms with Gasteiger partial charge in [0, 0.05) is 14.2 Å². The summed E-state index contributed by atoms with van der Waals surface area (Å²) in [5.74, 6) is 0. The second kappa shape index (κ2) is 5.93. The van der Waals surface area contributed by atoms with E-state index in [9.17, 15) is 12.8 Å². The van der Waals surface area contributed by atoms with Gasteiger partial charge in [-0.3, -0.25) is 4.55 Å². The van der Waals surface area contributed by atoms with E-state index in [1.54, 1.807) is 14.2 Å². The van der Waals surface area contributed by atoms with Crippen molar-refractivity contribution < 1.29 is 22.1 Å². The fraction of sp³-hybridized carbons (Fsp3) is 1.00. The fourth-order valence-electron chi connectivity index (χ4n) is 0. The maximum absolute atomic E-state index is 10.7. The van der Waals surface area contributed by atoms with Gasteiger partial charge in [-0.05, 0) is 0 Å². The number of hydrogen-bond donors (Lipinski definition) is 1. The number of ether oxygens (including phenoxy) is 1. The highest BCUT2D eigenvalue weighted by Crippen LogP contribution is 1.77. The Balaban J connectivity index is 0. The SMILES string of the molecule is COC.O=S(=O)(O)CF. The Morgan fingerprint density at radius 2 is 1.67 bits per heavy atom. The van der Waals surface area contributed by atoms with Gasteiger partial charge < -0.3 is 4.74 Å². The third-order valence-electron chi connectivity index (χ3n) is 0.138. The Morgan fingerprint density at radius 1 is 1.56 bits per heavy atom. The van der Waals surface area contributed by atoms with Crippen LogP contribution in [0.15, 0.2) is 0 Å². The summed E-state index contributed by atoms with van der Waals surface area (Å²) in [4.78, 5) is 0. The van der Waals surface area contributed by atoms with Gasteiger partial charge in [-0.1, -0.05) is 0 Å². The van der Waals surface area contributed by atoms with Crippen molar-refractivity contribution in [1.82, 2.24) is 0 Å². The van der Waals surface area contributed by atoms with Crippen LogP contribution in [0.2, 0.25) is 0 Å². The van der Waals surface area contributed by atoms with Crippen LogP contribution >= 0.6 is 0 Å². The van der Waals surface area contributed by atoms with Crippen LogP contribution in [0.25, 0.3) is 0 Å². The van der Waals surface area contributed by atoms with Gasteiger partial charge in [-0.2, -0.15) is 8.42 Å². The van der Waals surface area contributed by atoms with Crippen LogP contribution in [-0.2, 0) is 14.9 Å². The first kappa shape index (κ1) is 11.6. The lowest BCUT2D eigenvalue weighted by Gasteiger charge is -1.77. The first-order valence-electron chi connectivity index (χ1n) is 1.89. The molecule has 9 heavy (non-hydrogen) atoms. The molecule has 0 heterocycles. The van der Waals surface area contributed by atoms with Crippen molar-refractivity contribution in [2.75, 3.05) is 20.2 Å². The summed E-state index contributed by atoms with van der Waals surface area (Å²) in [6.07, 6.45) is 0. The second-order valence-electron chi connectivity index (χ2n) is 1.10. The molecule has 0 aliphatic carbocycles. The van der Waals surface area contributed by atoms with Crippen LogP contribution in [0.1, 0.15) is 0 Å². The number of rotatable bonds is 1. The van der Waals surface area contributed by atoms with Crippen molar-refractivity contribution in [3.05, 3.63) is 0 Å². The largest absolute Gasteiger partial charge is 0.388 e. The van der Waals surface area contributed by atoms with Crippen molar-refractivity contribution in [2.24, 2.45) is 0 Å². The van der Waals surface area contributed by atoms with Gasteiger partial charge in [-0.15, -0.1) is 0 Å². The third kappa shape index (κ3) is 33.5. The van der Waals surface area contributed by atoms with E-state index in [0.717, 1.165) is 0 Å². The maximum Gasteiger partial charge on any atom is 0.294 e. The number of hydrogen-bond acceptors (Lipinski definition) is 3. The standard InChI is InChI=1S/C2H6O.CH3FO3S/c1-3-2;2-1-6(3,4)5/h1-2H3;1H2,(H,3,4,5).